The van der Waals surface area contributed by atoms with Gasteiger partial charge in [-0.15, -0.1) is 0 Å². The summed E-state index contributed by atoms with van der Waals surface area (Å²) in [6, 6.07) is 17.5. The molecule has 4 aromatic rings. The van der Waals surface area contributed by atoms with E-state index >= 15 is 0 Å². The van der Waals surface area contributed by atoms with Crippen LogP contribution in [-0.4, -0.2) is 32.0 Å². The van der Waals surface area contributed by atoms with Crippen LogP contribution in [0.4, 0.5) is 0 Å². The molecule has 2 aromatic heterocycles. The Morgan fingerprint density at radius 2 is 1.61 bits per heavy atom. The fourth-order valence-corrected chi connectivity index (χ4v) is 3.50. The van der Waals surface area contributed by atoms with Crippen molar-refractivity contribution in [3.63, 3.8) is 0 Å². The van der Waals surface area contributed by atoms with Crippen LogP contribution >= 0.6 is 0 Å². The first-order chi connectivity index (χ1) is 15.0. The molecule has 0 saturated heterocycles. The molecule has 2 aromatic carbocycles. The Morgan fingerprint density at radius 1 is 1.00 bits per heavy atom. The maximum atomic E-state index is 13.5. The molecule has 0 aliphatic carbocycles. The molecule has 8 nitrogen and oxygen atoms in total. The largest absolute Gasteiger partial charge is 0.506 e. The van der Waals surface area contributed by atoms with Gasteiger partial charge in [0.1, 0.15) is 11.1 Å². The first-order valence-electron chi connectivity index (χ1n) is 9.62. The zero-order valence-electron chi connectivity index (χ0n) is 16.9. The molecule has 2 heterocycles. The lowest BCUT2D eigenvalue weighted by Crippen LogP contribution is -2.31. The van der Waals surface area contributed by atoms with E-state index in [2.05, 4.69) is 5.10 Å². The van der Waals surface area contributed by atoms with Crippen LogP contribution in [0.15, 0.2) is 70.3 Å². The molecular formula is C23H19N3O5. The molecule has 0 amide bonds. The van der Waals surface area contributed by atoms with E-state index in [0.29, 0.717) is 16.9 Å². The molecule has 0 atom stereocenters. The Hall–Kier alpha value is -4.20. The van der Waals surface area contributed by atoms with Gasteiger partial charge in [-0.1, -0.05) is 48.5 Å². The molecule has 0 unspecified atom stereocenters. The number of ether oxygens (including phenoxy) is 1. The average Bonchev–Trinajstić information content (AvgIpc) is 2.77. The fourth-order valence-electron chi connectivity index (χ4n) is 3.50. The van der Waals surface area contributed by atoms with Gasteiger partial charge in [0.25, 0.3) is 11.1 Å². The van der Waals surface area contributed by atoms with Gasteiger partial charge in [0.2, 0.25) is 0 Å². The molecule has 0 radical (unpaired) electrons. The highest BCUT2D eigenvalue weighted by Crippen LogP contribution is 2.32. The molecule has 8 heteroatoms. The second-order valence-electron chi connectivity index (χ2n) is 6.79. The van der Waals surface area contributed by atoms with Gasteiger partial charge in [-0.05, 0) is 19.1 Å². The first kappa shape index (κ1) is 20.1. The minimum absolute atomic E-state index is 0.00467. The number of hydrogen-bond donors (Lipinski definition) is 1. The third-order valence-corrected chi connectivity index (χ3v) is 4.87. The highest BCUT2D eigenvalue weighted by molar-refractivity contribution is 6.03. The molecule has 0 aliphatic rings. The summed E-state index contributed by atoms with van der Waals surface area (Å²) in [5.41, 5.74) is -0.587. The number of aromatic nitrogens is 3. The molecule has 0 saturated carbocycles. The van der Waals surface area contributed by atoms with Gasteiger partial charge in [-0.2, -0.15) is 5.10 Å². The van der Waals surface area contributed by atoms with Gasteiger partial charge < -0.3 is 9.84 Å². The van der Waals surface area contributed by atoms with Crippen molar-refractivity contribution in [3.05, 3.63) is 86.9 Å². The molecule has 31 heavy (non-hydrogen) atoms. The van der Waals surface area contributed by atoms with Gasteiger partial charge in [-0.3, -0.25) is 14.2 Å². The smallest absolute Gasteiger partial charge is 0.347 e. The van der Waals surface area contributed by atoms with Gasteiger partial charge in [0, 0.05) is 18.3 Å². The predicted octanol–water partition coefficient (Wildman–Crippen LogP) is 2.63. The molecule has 156 valence electrons. The number of esters is 1. The summed E-state index contributed by atoms with van der Waals surface area (Å²) in [6.45, 7) is 1.59. The third-order valence-electron chi connectivity index (χ3n) is 4.87. The zero-order chi connectivity index (χ0) is 22.1. The van der Waals surface area contributed by atoms with Crippen molar-refractivity contribution in [3.8, 4) is 22.7 Å². The lowest BCUT2D eigenvalue weighted by molar-refractivity contribution is 0.0521. The second-order valence-corrected chi connectivity index (χ2v) is 6.79. The topological polar surface area (TPSA) is 103 Å². The van der Waals surface area contributed by atoms with E-state index in [-0.39, 0.29) is 17.5 Å². The van der Waals surface area contributed by atoms with Crippen molar-refractivity contribution >= 4 is 16.9 Å². The van der Waals surface area contributed by atoms with Crippen LogP contribution < -0.4 is 11.1 Å². The van der Waals surface area contributed by atoms with Crippen molar-refractivity contribution < 1.29 is 14.6 Å². The predicted molar refractivity (Wildman–Crippen MR) is 116 cm³/mol. The summed E-state index contributed by atoms with van der Waals surface area (Å²) < 4.78 is 7.27. The van der Waals surface area contributed by atoms with Crippen LogP contribution in [0.5, 0.6) is 5.75 Å². The fraction of sp³-hybridized carbons (Fsp3) is 0.130. The van der Waals surface area contributed by atoms with Crippen molar-refractivity contribution in [2.24, 2.45) is 7.05 Å². The SMILES string of the molecule is CCOC(=O)c1c(O)c2c(=O)n(C)nc(-c3ccccc3)c2n(-c2ccccc2)c1=O. The van der Waals surface area contributed by atoms with Crippen LogP contribution in [0.3, 0.4) is 0 Å². The Morgan fingerprint density at radius 3 is 2.23 bits per heavy atom. The number of hydrogen-bond acceptors (Lipinski definition) is 6. The summed E-state index contributed by atoms with van der Waals surface area (Å²) in [7, 11) is 1.44. The molecule has 4 rings (SSSR count). The highest BCUT2D eigenvalue weighted by atomic mass is 16.5. The lowest BCUT2D eigenvalue weighted by atomic mass is 10.1. The van der Waals surface area contributed by atoms with Gasteiger partial charge >= 0.3 is 5.97 Å². The van der Waals surface area contributed by atoms with Crippen LogP contribution in [0.25, 0.3) is 27.8 Å². The van der Waals surface area contributed by atoms with Crippen LogP contribution in [-0.2, 0) is 11.8 Å². The van der Waals surface area contributed by atoms with E-state index in [1.807, 2.05) is 6.07 Å². The molecule has 1 N–H and O–H groups in total. The van der Waals surface area contributed by atoms with Crippen molar-refractivity contribution in [1.29, 1.82) is 0 Å². The molecule has 0 spiro atoms. The summed E-state index contributed by atoms with van der Waals surface area (Å²) in [6.07, 6.45) is 0. The minimum Gasteiger partial charge on any atom is -0.506 e. The Labute approximate surface area is 176 Å². The van der Waals surface area contributed by atoms with Crippen LogP contribution in [0.1, 0.15) is 17.3 Å². The summed E-state index contributed by atoms with van der Waals surface area (Å²) >= 11 is 0. The van der Waals surface area contributed by atoms with Gasteiger partial charge in [0.15, 0.2) is 11.3 Å². The van der Waals surface area contributed by atoms with E-state index < -0.39 is 28.4 Å². The maximum Gasteiger partial charge on any atom is 0.347 e. The van der Waals surface area contributed by atoms with E-state index in [4.69, 9.17) is 4.74 Å². The molecule has 0 fully saturated rings. The minimum atomic E-state index is -1.00. The number of para-hydroxylation sites is 1. The van der Waals surface area contributed by atoms with E-state index in [9.17, 15) is 19.5 Å². The summed E-state index contributed by atoms with van der Waals surface area (Å²) in [5, 5.41) is 15.1. The standard InChI is InChI=1S/C23H19N3O5/c1-3-31-23(30)17-20(27)16-19(26(22(17)29)15-12-8-5-9-13-15)18(24-25(2)21(16)28)14-10-6-4-7-11-14/h4-13,27H,3H2,1-2H3. The summed E-state index contributed by atoms with van der Waals surface area (Å²) in [4.78, 5) is 39.0. The lowest BCUT2D eigenvalue weighted by Gasteiger charge is -2.17. The van der Waals surface area contributed by atoms with E-state index in [1.165, 1.54) is 11.6 Å². The van der Waals surface area contributed by atoms with Crippen molar-refractivity contribution in [2.75, 3.05) is 6.61 Å². The Bertz CT molecular complexity index is 1410. The van der Waals surface area contributed by atoms with E-state index in [0.717, 1.165) is 4.68 Å². The monoisotopic (exact) mass is 417 g/mol. The highest BCUT2D eigenvalue weighted by Gasteiger charge is 2.28. The van der Waals surface area contributed by atoms with Crippen molar-refractivity contribution in [2.45, 2.75) is 6.92 Å². The second kappa shape index (κ2) is 7.91. The number of carbonyl (C=O) groups is 1. The Balaban J connectivity index is 2.29. The van der Waals surface area contributed by atoms with E-state index in [1.54, 1.807) is 61.5 Å². The number of aryl methyl sites for hydroxylation is 1. The third kappa shape index (κ3) is 3.28. The molecule has 0 aliphatic heterocycles. The normalized spacial score (nSPS) is 10.9. The number of carbonyl (C=O) groups excluding carboxylic acids is 1. The maximum absolute atomic E-state index is 13.5. The molecule has 0 bridgehead atoms. The van der Waals surface area contributed by atoms with Crippen LogP contribution in [0.2, 0.25) is 0 Å². The quantitative estimate of drug-likeness (QED) is 0.512. The first-order valence-corrected chi connectivity index (χ1v) is 9.62. The number of benzene rings is 2. The Kier molecular flexibility index (Phi) is 5.12. The number of nitrogens with zero attached hydrogens (tertiary/aromatic N) is 3. The average molecular weight is 417 g/mol. The van der Waals surface area contributed by atoms with Gasteiger partial charge in [-0.25, -0.2) is 9.48 Å². The number of fused-ring (bicyclic) bond motifs is 1. The number of aromatic hydroxyl groups is 1. The number of rotatable bonds is 4. The van der Waals surface area contributed by atoms with Crippen LogP contribution in [0, 0.1) is 0 Å². The zero-order valence-corrected chi connectivity index (χ0v) is 16.9. The van der Waals surface area contributed by atoms with Crippen molar-refractivity contribution in [1.82, 2.24) is 14.3 Å². The molecular weight excluding hydrogens is 398 g/mol. The summed E-state index contributed by atoms with van der Waals surface area (Å²) in [5.74, 6) is -1.72. The van der Waals surface area contributed by atoms with Gasteiger partial charge in [0.05, 0.1) is 12.1 Å². The number of pyridine rings is 1.